The van der Waals surface area contributed by atoms with Crippen molar-refractivity contribution in [3.05, 3.63) is 95.4 Å². The number of benzene rings is 2. The number of rotatable bonds is 8. The van der Waals surface area contributed by atoms with Gasteiger partial charge in [0.2, 0.25) is 0 Å². The number of anilines is 2. The van der Waals surface area contributed by atoms with E-state index in [0.717, 1.165) is 41.2 Å². The summed E-state index contributed by atoms with van der Waals surface area (Å²) in [5.74, 6) is -0.636. The van der Waals surface area contributed by atoms with Gasteiger partial charge in [-0.1, -0.05) is 29.8 Å². The van der Waals surface area contributed by atoms with Crippen LogP contribution in [0, 0.1) is 6.92 Å². The quantitative estimate of drug-likeness (QED) is 0.518. The highest BCUT2D eigenvalue weighted by Crippen LogP contribution is 2.32. The van der Waals surface area contributed by atoms with Crippen LogP contribution in [0.25, 0.3) is 5.57 Å². The molecule has 2 heterocycles. The minimum absolute atomic E-state index is 0.196. The normalized spacial score (nSPS) is 13.6. The molecule has 0 radical (unpaired) electrons. The highest BCUT2D eigenvalue weighted by Gasteiger charge is 2.39. The Morgan fingerprint density at radius 3 is 2.09 bits per heavy atom. The molecule has 2 amide bonds. The van der Waals surface area contributed by atoms with Crippen LogP contribution in [-0.4, -0.2) is 34.8 Å². The molecule has 0 aliphatic carbocycles. The van der Waals surface area contributed by atoms with Crippen LogP contribution < -0.4 is 10.2 Å². The molecule has 168 valence electrons. The Morgan fingerprint density at radius 2 is 1.48 bits per heavy atom. The molecule has 33 heavy (non-hydrogen) atoms. The van der Waals surface area contributed by atoms with E-state index >= 15 is 0 Å². The number of aromatic nitrogens is 1. The fourth-order valence-electron chi connectivity index (χ4n) is 3.98. The first-order valence-electron chi connectivity index (χ1n) is 11.2. The molecule has 1 aromatic heterocycles. The van der Waals surface area contributed by atoms with E-state index in [1.807, 2.05) is 67.6 Å². The van der Waals surface area contributed by atoms with E-state index in [9.17, 15) is 9.59 Å². The van der Waals surface area contributed by atoms with Gasteiger partial charge in [-0.15, -0.1) is 0 Å². The molecule has 1 N–H and O–H groups in total. The number of nitrogens with one attached hydrogen (secondary N) is 1. The largest absolute Gasteiger partial charge is 0.372 e. The van der Waals surface area contributed by atoms with E-state index < -0.39 is 0 Å². The molecule has 6 nitrogen and oxygen atoms in total. The van der Waals surface area contributed by atoms with Crippen LogP contribution in [0.1, 0.15) is 30.5 Å². The lowest BCUT2D eigenvalue weighted by Crippen LogP contribution is -2.32. The summed E-state index contributed by atoms with van der Waals surface area (Å²) in [5, 5.41) is 3.24. The lowest BCUT2D eigenvalue weighted by Gasteiger charge is -2.21. The van der Waals surface area contributed by atoms with E-state index in [1.54, 1.807) is 12.4 Å². The topological polar surface area (TPSA) is 65.5 Å². The first kappa shape index (κ1) is 22.3. The molecule has 0 bridgehead atoms. The van der Waals surface area contributed by atoms with Crippen molar-refractivity contribution in [3.8, 4) is 0 Å². The molecule has 0 saturated heterocycles. The summed E-state index contributed by atoms with van der Waals surface area (Å²) < 4.78 is 0. The summed E-state index contributed by atoms with van der Waals surface area (Å²) in [4.78, 5) is 34.4. The lowest BCUT2D eigenvalue weighted by molar-refractivity contribution is -0.137. The number of imide groups is 1. The zero-order chi connectivity index (χ0) is 23.4. The molecular weight excluding hydrogens is 412 g/mol. The number of aryl methyl sites for hydroxylation is 1. The van der Waals surface area contributed by atoms with E-state index in [1.165, 1.54) is 4.90 Å². The van der Waals surface area contributed by atoms with Gasteiger partial charge in [-0.3, -0.25) is 19.5 Å². The first-order valence-corrected chi connectivity index (χ1v) is 11.2. The maximum absolute atomic E-state index is 13.4. The number of hydrogen-bond donors (Lipinski definition) is 1. The van der Waals surface area contributed by atoms with Gasteiger partial charge in [0.1, 0.15) is 5.70 Å². The second-order valence-electron chi connectivity index (χ2n) is 8.01. The summed E-state index contributed by atoms with van der Waals surface area (Å²) in [6.45, 7) is 8.27. The van der Waals surface area contributed by atoms with Gasteiger partial charge in [0.15, 0.2) is 0 Å². The number of pyridine rings is 1. The van der Waals surface area contributed by atoms with E-state index in [0.29, 0.717) is 11.3 Å². The summed E-state index contributed by atoms with van der Waals surface area (Å²) in [5.41, 5.74) is 5.23. The van der Waals surface area contributed by atoms with Crippen LogP contribution in [-0.2, 0) is 16.1 Å². The number of amides is 2. The Morgan fingerprint density at radius 1 is 0.848 bits per heavy atom. The molecule has 0 fully saturated rings. The van der Waals surface area contributed by atoms with Crippen LogP contribution in [0.5, 0.6) is 0 Å². The van der Waals surface area contributed by atoms with Crippen molar-refractivity contribution in [2.45, 2.75) is 27.3 Å². The zero-order valence-corrected chi connectivity index (χ0v) is 19.2. The third-order valence-electron chi connectivity index (χ3n) is 5.86. The highest BCUT2D eigenvalue weighted by atomic mass is 16.2. The predicted molar refractivity (Wildman–Crippen MR) is 132 cm³/mol. The van der Waals surface area contributed by atoms with Gasteiger partial charge < -0.3 is 10.2 Å². The maximum Gasteiger partial charge on any atom is 0.278 e. The Hall–Kier alpha value is -3.93. The first-order chi connectivity index (χ1) is 16.0. The molecule has 4 rings (SSSR count). The van der Waals surface area contributed by atoms with Gasteiger partial charge >= 0.3 is 0 Å². The predicted octanol–water partition coefficient (Wildman–Crippen LogP) is 4.63. The molecule has 0 saturated carbocycles. The standard InChI is InChI=1S/C27H28N4O2/c1-4-30(5-2)23-12-10-22(11-13-23)29-25-24(21-8-6-19(3)7-9-21)26(32)31(27(25)33)18-20-14-16-28-17-15-20/h6-17,29H,4-5,18H2,1-3H3. The molecule has 1 aliphatic heterocycles. The fraction of sp³-hybridized carbons (Fsp3) is 0.222. The van der Waals surface area contributed by atoms with Crippen molar-refractivity contribution >= 4 is 28.8 Å². The Labute approximate surface area is 194 Å². The van der Waals surface area contributed by atoms with Crippen molar-refractivity contribution < 1.29 is 9.59 Å². The maximum atomic E-state index is 13.4. The van der Waals surface area contributed by atoms with Crippen molar-refractivity contribution in [3.63, 3.8) is 0 Å². The SMILES string of the molecule is CCN(CC)c1ccc(NC2=C(c3ccc(C)cc3)C(=O)N(Cc3ccncc3)C2=O)cc1. The highest BCUT2D eigenvalue weighted by molar-refractivity contribution is 6.36. The summed E-state index contributed by atoms with van der Waals surface area (Å²) in [6.07, 6.45) is 3.32. The van der Waals surface area contributed by atoms with Crippen LogP contribution in [0.2, 0.25) is 0 Å². The van der Waals surface area contributed by atoms with E-state index in [4.69, 9.17) is 0 Å². The van der Waals surface area contributed by atoms with Gasteiger partial charge in [-0.25, -0.2) is 0 Å². The molecule has 1 aliphatic rings. The summed E-state index contributed by atoms with van der Waals surface area (Å²) >= 11 is 0. The van der Waals surface area contributed by atoms with Crippen LogP contribution in [0.3, 0.4) is 0 Å². The van der Waals surface area contributed by atoms with Crippen molar-refractivity contribution in [1.29, 1.82) is 0 Å². The number of carbonyl (C=O) groups is 2. The van der Waals surface area contributed by atoms with Gasteiger partial charge in [0, 0.05) is 36.9 Å². The third-order valence-corrected chi connectivity index (χ3v) is 5.86. The average molecular weight is 441 g/mol. The van der Waals surface area contributed by atoms with Gasteiger partial charge in [0.25, 0.3) is 11.8 Å². The summed E-state index contributed by atoms with van der Waals surface area (Å²) in [7, 11) is 0. The lowest BCUT2D eigenvalue weighted by atomic mass is 10.0. The molecule has 2 aromatic carbocycles. The number of nitrogens with zero attached hydrogens (tertiary/aromatic N) is 3. The van der Waals surface area contributed by atoms with Crippen molar-refractivity contribution in [2.24, 2.45) is 0 Å². The number of carbonyl (C=O) groups excluding carboxylic acids is 2. The molecule has 0 atom stereocenters. The average Bonchev–Trinajstić information content (AvgIpc) is 3.06. The Kier molecular flexibility index (Phi) is 6.54. The Bertz CT molecular complexity index is 1170. The van der Waals surface area contributed by atoms with Crippen molar-refractivity contribution in [1.82, 2.24) is 9.88 Å². The van der Waals surface area contributed by atoms with Crippen LogP contribution >= 0.6 is 0 Å². The second kappa shape index (κ2) is 9.69. The van der Waals surface area contributed by atoms with Gasteiger partial charge in [0.05, 0.1) is 12.1 Å². The fourth-order valence-corrected chi connectivity index (χ4v) is 3.98. The monoisotopic (exact) mass is 440 g/mol. The third kappa shape index (κ3) is 4.65. The second-order valence-corrected chi connectivity index (χ2v) is 8.01. The minimum atomic E-state index is -0.333. The van der Waals surface area contributed by atoms with E-state index in [-0.39, 0.29) is 18.4 Å². The number of hydrogen-bond acceptors (Lipinski definition) is 5. The Balaban J connectivity index is 1.68. The van der Waals surface area contributed by atoms with Gasteiger partial charge in [-0.05, 0) is 68.3 Å². The summed E-state index contributed by atoms with van der Waals surface area (Å²) in [6, 6.07) is 19.2. The minimum Gasteiger partial charge on any atom is -0.372 e. The molecule has 6 heteroatoms. The molecule has 0 spiro atoms. The smallest absolute Gasteiger partial charge is 0.278 e. The zero-order valence-electron chi connectivity index (χ0n) is 19.2. The molecule has 3 aromatic rings. The van der Waals surface area contributed by atoms with Crippen LogP contribution in [0.15, 0.2) is 78.8 Å². The van der Waals surface area contributed by atoms with E-state index in [2.05, 4.69) is 29.0 Å². The van der Waals surface area contributed by atoms with Gasteiger partial charge in [-0.2, -0.15) is 0 Å². The molecule has 0 unspecified atom stereocenters. The van der Waals surface area contributed by atoms with Crippen LogP contribution in [0.4, 0.5) is 11.4 Å². The van der Waals surface area contributed by atoms with Crippen molar-refractivity contribution in [2.75, 3.05) is 23.3 Å². The molecular formula is C27H28N4O2.